The van der Waals surface area contributed by atoms with E-state index in [2.05, 4.69) is 15.1 Å². The Hall–Kier alpha value is -2.41. The van der Waals surface area contributed by atoms with Crippen LogP contribution in [0.25, 0.3) is 0 Å². The molecule has 0 aromatic heterocycles. The summed E-state index contributed by atoms with van der Waals surface area (Å²) in [6.45, 7) is 6.98. The molecule has 3 aliphatic rings. The largest absolute Gasteiger partial charge is 0.369 e. The number of rotatable bonds is 5. The highest BCUT2D eigenvalue weighted by Gasteiger charge is 2.56. The molecule has 1 saturated carbocycles. The molecule has 0 bridgehead atoms. The second kappa shape index (κ2) is 6.64. The molecule has 7 heteroatoms. The van der Waals surface area contributed by atoms with Gasteiger partial charge in [-0.05, 0) is 56.9 Å². The number of urea groups is 1. The number of anilines is 1. The summed E-state index contributed by atoms with van der Waals surface area (Å²) in [5.41, 5.74) is 1.10. The number of ketones is 1. The number of Topliss-reactive ketones (excluding diaryl/α,β-unsaturated/α-hetero) is 1. The van der Waals surface area contributed by atoms with Gasteiger partial charge in [0.25, 0.3) is 5.91 Å². The number of hydrogen-bond donors (Lipinski definition) is 1. The van der Waals surface area contributed by atoms with Crippen molar-refractivity contribution in [2.45, 2.75) is 32.2 Å². The van der Waals surface area contributed by atoms with Crippen LogP contribution in [0.4, 0.5) is 10.5 Å². The average Bonchev–Trinajstić information content (AvgIpc) is 3.48. The third-order valence-electron chi connectivity index (χ3n) is 6.05. The zero-order valence-corrected chi connectivity index (χ0v) is 15.9. The van der Waals surface area contributed by atoms with Gasteiger partial charge in [-0.3, -0.25) is 14.5 Å². The Bertz CT molecular complexity index is 766. The lowest BCUT2D eigenvalue weighted by atomic mass is 9.96. The van der Waals surface area contributed by atoms with Crippen LogP contribution in [0.15, 0.2) is 24.3 Å². The van der Waals surface area contributed by atoms with Crippen LogP contribution in [0.3, 0.4) is 0 Å². The fraction of sp³-hybridized carbons (Fsp3) is 0.550. The van der Waals surface area contributed by atoms with Crippen LogP contribution >= 0.6 is 0 Å². The Balaban J connectivity index is 1.34. The van der Waals surface area contributed by atoms with Crippen molar-refractivity contribution in [1.29, 1.82) is 0 Å². The summed E-state index contributed by atoms with van der Waals surface area (Å²) in [5, 5.41) is 2.90. The number of nitrogens with one attached hydrogen (secondary N) is 1. The molecule has 2 aliphatic heterocycles. The standard InChI is InChI=1S/C20H26N4O3/c1-14(25)15-3-7-17(8-4-15)23-11-9-22(10-12-23)13-24-18(26)20(2,16-5-6-16)21-19(24)27/h3-4,7-8,16H,5-6,9-13H2,1-2H3,(H,21,27)/t20-/m0/s1. The minimum Gasteiger partial charge on any atom is -0.369 e. The maximum Gasteiger partial charge on any atom is 0.326 e. The highest BCUT2D eigenvalue weighted by atomic mass is 16.2. The average molecular weight is 370 g/mol. The van der Waals surface area contributed by atoms with Crippen LogP contribution in [0.5, 0.6) is 0 Å². The Morgan fingerprint density at radius 1 is 1.11 bits per heavy atom. The molecule has 1 aromatic carbocycles. The summed E-state index contributed by atoms with van der Waals surface area (Å²) in [7, 11) is 0. The van der Waals surface area contributed by atoms with Crippen molar-refractivity contribution in [2.75, 3.05) is 37.7 Å². The molecular weight excluding hydrogens is 344 g/mol. The summed E-state index contributed by atoms with van der Waals surface area (Å²) < 4.78 is 0. The second-order valence-corrected chi connectivity index (χ2v) is 7.99. The third kappa shape index (κ3) is 3.32. The van der Waals surface area contributed by atoms with Gasteiger partial charge >= 0.3 is 6.03 Å². The van der Waals surface area contributed by atoms with Gasteiger partial charge < -0.3 is 10.2 Å². The number of carbonyl (C=O) groups excluding carboxylic acids is 3. The molecule has 7 nitrogen and oxygen atoms in total. The molecule has 1 atom stereocenters. The third-order valence-corrected chi connectivity index (χ3v) is 6.05. The van der Waals surface area contributed by atoms with Gasteiger partial charge in [0.05, 0.1) is 6.67 Å². The van der Waals surface area contributed by atoms with Gasteiger partial charge in [0.2, 0.25) is 0 Å². The summed E-state index contributed by atoms with van der Waals surface area (Å²) in [5.74, 6) is 0.268. The van der Waals surface area contributed by atoms with Crippen LogP contribution in [0.2, 0.25) is 0 Å². The number of nitrogens with zero attached hydrogens (tertiary/aromatic N) is 3. The number of amides is 3. The van der Waals surface area contributed by atoms with Gasteiger partial charge in [-0.2, -0.15) is 0 Å². The van der Waals surface area contributed by atoms with Crippen molar-refractivity contribution < 1.29 is 14.4 Å². The highest BCUT2D eigenvalue weighted by molar-refractivity contribution is 6.07. The molecule has 3 amide bonds. The first kappa shape index (κ1) is 18.0. The minimum atomic E-state index is -0.711. The van der Waals surface area contributed by atoms with E-state index in [1.54, 1.807) is 6.92 Å². The van der Waals surface area contributed by atoms with Crippen LogP contribution < -0.4 is 10.2 Å². The van der Waals surface area contributed by atoms with E-state index in [4.69, 9.17) is 0 Å². The van der Waals surface area contributed by atoms with E-state index < -0.39 is 5.54 Å². The Kier molecular flexibility index (Phi) is 4.42. The van der Waals surface area contributed by atoms with Crippen LogP contribution in [-0.2, 0) is 4.79 Å². The lowest BCUT2D eigenvalue weighted by Crippen LogP contribution is -2.52. The molecule has 0 radical (unpaired) electrons. The zero-order valence-electron chi connectivity index (χ0n) is 15.9. The van der Waals surface area contributed by atoms with E-state index in [1.165, 1.54) is 4.90 Å². The lowest BCUT2D eigenvalue weighted by molar-refractivity contribution is -0.133. The number of carbonyl (C=O) groups is 3. The number of hydrogen-bond acceptors (Lipinski definition) is 5. The summed E-state index contributed by atoms with van der Waals surface area (Å²) in [4.78, 5) is 42.2. The molecule has 144 valence electrons. The monoisotopic (exact) mass is 370 g/mol. The second-order valence-electron chi connectivity index (χ2n) is 7.99. The normalized spacial score (nSPS) is 26.4. The Morgan fingerprint density at radius 2 is 1.74 bits per heavy atom. The van der Waals surface area contributed by atoms with Crippen molar-refractivity contribution in [2.24, 2.45) is 5.92 Å². The number of benzene rings is 1. The molecular formula is C20H26N4O3. The van der Waals surface area contributed by atoms with E-state index >= 15 is 0 Å². The van der Waals surface area contributed by atoms with Crippen LogP contribution in [-0.4, -0.2) is 65.9 Å². The van der Waals surface area contributed by atoms with Crippen molar-refractivity contribution >= 4 is 23.4 Å². The molecule has 1 aliphatic carbocycles. The van der Waals surface area contributed by atoms with Crippen molar-refractivity contribution in [3.63, 3.8) is 0 Å². The zero-order chi connectivity index (χ0) is 19.2. The predicted molar refractivity (Wildman–Crippen MR) is 102 cm³/mol. The Labute approximate surface area is 159 Å². The predicted octanol–water partition coefficient (Wildman–Crippen LogP) is 1.69. The maximum absolute atomic E-state index is 12.7. The van der Waals surface area contributed by atoms with Gasteiger partial charge in [0.1, 0.15) is 5.54 Å². The maximum atomic E-state index is 12.7. The van der Waals surface area contributed by atoms with E-state index in [0.29, 0.717) is 6.67 Å². The fourth-order valence-corrected chi connectivity index (χ4v) is 4.04. The summed E-state index contributed by atoms with van der Waals surface area (Å²) in [6, 6.07) is 7.40. The smallest absolute Gasteiger partial charge is 0.326 e. The molecule has 0 spiro atoms. The SMILES string of the molecule is CC(=O)c1ccc(N2CCN(CN3C(=O)N[C@@](C)(C4CC4)C3=O)CC2)cc1. The van der Waals surface area contributed by atoms with Gasteiger partial charge in [-0.1, -0.05) is 0 Å². The van der Waals surface area contributed by atoms with Gasteiger partial charge in [-0.15, -0.1) is 0 Å². The molecule has 4 rings (SSSR count). The lowest BCUT2D eigenvalue weighted by Gasteiger charge is -2.37. The molecule has 2 saturated heterocycles. The van der Waals surface area contributed by atoms with Crippen LogP contribution in [0, 0.1) is 5.92 Å². The first-order valence-corrected chi connectivity index (χ1v) is 9.61. The van der Waals surface area contributed by atoms with Gasteiger partial charge in [0, 0.05) is 37.4 Å². The summed E-state index contributed by atoms with van der Waals surface area (Å²) in [6.07, 6.45) is 2.02. The van der Waals surface area contributed by atoms with Gasteiger partial charge in [-0.25, -0.2) is 9.69 Å². The van der Waals surface area contributed by atoms with Crippen LogP contribution in [0.1, 0.15) is 37.0 Å². The van der Waals surface area contributed by atoms with Crippen molar-refractivity contribution in [3.05, 3.63) is 29.8 Å². The van der Waals surface area contributed by atoms with E-state index in [0.717, 1.165) is 50.3 Å². The van der Waals surface area contributed by atoms with E-state index in [-0.39, 0.29) is 23.6 Å². The van der Waals surface area contributed by atoms with Gasteiger partial charge in [0.15, 0.2) is 5.78 Å². The molecule has 27 heavy (non-hydrogen) atoms. The molecule has 2 heterocycles. The molecule has 3 fully saturated rings. The number of imide groups is 1. The first-order chi connectivity index (χ1) is 12.9. The van der Waals surface area contributed by atoms with E-state index in [1.807, 2.05) is 31.2 Å². The molecule has 1 N–H and O–H groups in total. The van der Waals surface area contributed by atoms with Crippen molar-refractivity contribution in [1.82, 2.24) is 15.1 Å². The quantitative estimate of drug-likeness (QED) is 0.631. The first-order valence-electron chi connectivity index (χ1n) is 9.61. The minimum absolute atomic E-state index is 0.0677. The topological polar surface area (TPSA) is 73.0 Å². The molecule has 1 aromatic rings. The highest BCUT2D eigenvalue weighted by Crippen LogP contribution is 2.42. The Morgan fingerprint density at radius 3 is 2.30 bits per heavy atom. The van der Waals surface area contributed by atoms with Crippen molar-refractivity contribution in [3.8, 4) is 0 Å². The summed E-state index contributed by atoms with van der Waals surface area (Å²) >= 11 is 0. The fourth-order valence-electron chi connectivity index (χ4n) is 4.04. The van der Waals surface area contributed by atoms with E-state index in [9.17, 15) is 14.4 Å². The number of piperazine rings is 1. The molecule has 0 unspecified atom stereocenters.